The van der Waals surface area contributed by atoms with Gasteiger partial charge in [0.1, 0.15) is 16.8 Å². The number of para-hydroxylation sites is 1. The first-order valence-electron chi connectivity index (χ1n) is 9.10. The molecule has 1 N–H and O–H groups in total. The van der Waals surface area contributed by atoms with Gasteiger partial charge in [0.05, 0.1) is 23.8 Å². The van der Waals surface area contributed by atoms with Crippen LogP contribution in [0.1, 0.15) is 32.5 Å². The van der Waals surface area contributed by atoms with Crippen LogP contribution < -0.4 is 10.1 Å². The van der Waals surface area contributed by atoms with Crippen LogP contribution in [0.15, 0.2) is 70.2 Å². The standard InChI is InChI=1S/C22H23NO5S/c1-15-10-11-17(13-16(15)2)29(25,26)21(20-9-6-12-28-20)14-23-22(24)18-7-4-5-8-19(18)27-3/h4-13,21H,14H2,1-3H3,(H,23,24)/t21-/m1/s1. The molecule has 2 aromatic carbocycles. The summed E-state index contributed by atoms with van der Waals surface area (Å²) in [5.41, 5.74) is 2.21. The first-order valence-corrected chi connectivity index (χ1v) is 10.6. The van der Waals surface area contributed by atoms with Gasteiger partial charge in [0, 0.05) is 6.54 Å². The smallest absolute Gasteiger partial charge is 0.255 e. The van der Waals surface area contributed by atoms with Crippen molar-refractivity contribution in [2.24, 2.45) is 0 Å². The first kappa shape index (κ1) is 20.7. The van der Waals surface area contributed by atoms with Crippen LogP contribution in [0.25, 0.3) is 0 Å². The highest BCUT2D eigenvalue weighted by atomic mass is 32.2. The van der Waals surface area contributed by atoms with Crippen LogP contribution in [0.3, 0.4) is 0 Å². The molecule has 0 aliphatic heterocycles. The third kappa shape index (κ3) is 4.35. The van der Waals surface area contributed by atoms with Crippen LogP contribution in [0.2, 0.25) is 0 Å². The number of benzene rings is 2. The Morgan fingerprint density at radius 3 is 2.48 bits per heavy atom. The molecule has 1 heterocycles. The van der Waals surface area contributed by atoms with Gasteiger partial charge >= 0.3 is 0 Å². The number of carbonyl (C=O) groups excluding carboxylic acids is 1. The second-order valence-corrected chi connectivity index (χ2v) is 8.84. The molecule has 0 fully saturated rings. The van der Waals surface area contributed by atoms with Crippen molar-refractivity contribution in [1.82, 2.24) is 5.32 Å². The number of hydrogen-bond donors (Lipinski definition) is 1. The molecule has 0 unspecified atom stereocenters. The van der Waals surface area contributed by atoms with Gasteiger partial charge in [-0.1, -0.05) is 18.2 Å². The van der Waals surface area contributed by atoms with E-state index in [2.05, 4.69) is 5.32 Å². The second-order valence-electron chi connectivity index (χ2n) is 6.71. The summed E-state index contributed by atoms with van der Waals surface area (Å²) in [6.07, 6.45) is 1.42. The highest BCUT2D eigenvalue weighted by Gasteiger charge is 2.32. The van der Waals surface area contributed by atoms with Crippen molar-refractivity contribution in [3.8, 4) is 5.75 Å². The maximum Gasteiger partial charge on any atom is 0.255 e. The van der Waals surface area contributed by atoms with Crippen molar-refractivity contribution in [3.63, 3.8) is 0 Å². The van der Waals surface area contributed by atoms with Gasteiger partial charge in [-0.3, -0.25) is 4.79 Å². The van der Waals surface area contributed by atoms with Gasteiger partial charge in [0.2, 0.25) is 0 Å². The van der Waals surface area contributed by atoms with Gasteiger partial charge in [-0.15, -0.1) is 0 Å². The van der Waals surface area contributed by atoms with Crippen molar-refractivity contribution in [2.75, 3.05) is 13.7 Å². The number of hydrogen-bond acceptors (Lipinski definition) is 5. The summed E-state index contributed by atoms with van der Waals surface area (Å²) in [5.74, 6) is 0.259. The topological polar surface area (TPSA) is 85.6 Å². The Morgan fingerprint density at radius 1 is 1.07 bits per heavy atom. The average molecular weight is 413 g/mol. The molecule has 7 heteroatoms. The third-order valence-corrected chi connectivity index (χ3v) is 6.90. The summed E-state index contributed by atoms with van der Waals surface area (Å²) in [6, 6.07) is 15.0. The molecule has 0 saturated carbocycles. The molecule has 0 aliphatic carbocycles. The fourth-order valence-electron chi connectivity index (χ4n) is 3.01. The van der Waals surface area contributed by atoms with E-state index in [-0.39, 0.29) is 17.2 Å². The molecule has 0 bridgehead atoms. The Morgan fingerprint density at radius 2 is 1.83 bits per heavy atom. The summed E-state index contributed by atoms with van der Waals surface area (Å²) in [5, 5.41) is 1.65. The maximum atomic E-state index is 13.3. The van der Waals surface area contributed by atoms with Crippen molar-refractivity contribution >= 4 is 15.7 Å². The summed E-state index contributed by atoms with van der Waals surface area (Å²) in [6.45, 7) is 3.64. The normalized spacial score (nSPS) is 12.4. The van der Waals surface area contributed by atoms with Crippen LogP contribution in [-0.2, 0) is 9.84 Å². The molecule has 0 radical (unpaired) electrons. The van der Waals surface area contributed by atoms with E-state index >= 15 is 0 Å². The Kier molecular flexibility index (Phi) is 6.08. The highest BCUT2D eigenvalue weighted by Crippen LogP contribution is 2.30. The molecule has 1 amide bonds. The number of ether oxygens (including phenoxy) is 1. The maximum absolute atomic E-state index is 13.3. The molecule has 29 heavy (non-hydrogen) atoms. The zero-order valence-electron chi connectivity index (χ0n) is 16.5. The molecule has 0 saturated heterocycles. The van der Waals surface area contributed by atoms with Crippen molar-refractivity contribution < 1.29 is 22.4 Å². The molecule has 1 atom stereocenters. The van der Waals surface area contributed by atoms with Gasteiger partial charge < -0.3 is 14.5 Å². The van der Waals surface area contributed by atoms with E-state index in [1.165, 1.54) is 13.4 Å². The Balaban J connectivity index is 1.90. The average Bonchev–Trinajstić information content (AvgIpc) is 3.24. The largest absolute Gasteiger partial charge is 0.496 e. The Bertz CT molecular complexity index is 1100. The van der Waals surface area contributed by atoms with E-state index in [0.29, 0.717) is 11.3 Å². The lowest BCUT2D eigenvalue weighted by Crippen LogP contribution is -2.32. The van der Waals surface area contributed by atoms with Crippen molar-refractivity contribution in [1.29, 1.82) is 0 Å². The molecule has 152 valence electrons. The molecular weight excluding hydrogens is 390 g/mol. The predicted molar refractivity (Wildman–Crippen MR) is 110 cm³/mol. The molecule has 0 aliphatic rings. The summed E-state index contributed by atoms with van der Waals surface area (Å²) >= 11 is 0. The van der Waals surface area contributed by atoms with Crippen LogP contribution in [0.4, 0.5) is 0 Å². The first-order chi connectivity index (χ1) is 13.8. The number of rotatable bonds is 7. The summed E-state index contributed by atoms with van der Waals surface area (Å²) in [4.78, 5) is 12.8. The Labute approximate surface area is 170 Å². The minimum Gasteiger partial charge on any atom is -0.496 e. The SMILES string of the molecule is COc1ccccc1C(=O)NC[C@H](c1ccco1)S(=O)(=O)c1ccc(C)c(C)c1. The van der Waals surface area contributed by atoms with Gasteiger partial charge in [-0.2, -0.15) is 0 Å². The molecule has 1 aromatic heterocycles. The minimum absolute atomic E-state index is 0.139. The Hall–Kier alpha value is -3.06. The van der Waals surface area contributed by atoms with E-state index in [1.54, 1.807) is 54.6 Å². The molecule has 3 rings (SSSR count). The lowest BCUT2D eigenvalue weighted by Gasteiger charge is -2.18. The molecule has 0 spiro atoms. The number of aryl methyl sites for hydroxylation is 2. The van der Waals surface area contributed by atoms with E-state index in [9.17, 15) is 13.2 Å². The van der Waals surface area contributed by atoms with Crippen LogP contribution in [0.5, 0.6) is 5.75 Å². The number of methoxy groups -OCH3 is 1. The zero-order valence-corrected chi connectivity index (χ0v) is 17.3. The second kappa shape index (κ2) is 8.53. The lowest BCUT2D eigenvalue weighted by atomic mass is 10.1. The lowest BCUT2D eigenvalue weighted by molar-refractivity contribution is 0.0950. The van der Waals surface area contributed by atoms with Crippen molar-refractivity contribution in [2.45, 2.75) is 24.0 Å². The summed E-state index contributed by atoms with van der Waals surface area (Å²) in [7, 11) is -2.32. The van der Waals surface area contributed by atoms with Gasteiger partial charge in [-0.25, -0.2) is 8.42 Å². The molecular formula is C22H23NO5S. The van der Waals surface area contributed by atoms with Crippen LogP contribution in [0, 0.1) is 13.8 Å². The van der Waals surface area contributed by atoms with E-state index in [0.717, 1.165) is 11.1 Å². The highest BCUT2D eigenvalue weighted by molar-refractivity contribution is 7.91. The quantitative estimate of drug-likeness (QED) is 0.636. The third-order valence-electron chi connectivity index (χ3n) is 4.84. The number of furan rings is 1. The van der Waals surface area contributed by atoms with Gasteiger partial charge in [-0.05, 0) is 61.4 Å². The number of amides is 1. The fraction of sp³-hybridized carbons (Fsp3) is 0.227. The van der Waals surface area contributed by atoms with Crippen LogP contribution in [-0.4, -0.2) is 28.0 Å². The zero-order chi connectivity index (χ0) is 21.0. The minimum atomic E-state index is -3.80. The van der Waals surface area contributed by atoms with Crippen molar-refractivity contribution in [3.05, 3.63) is 83.3 Å². The van der Waals surface area contributed by atoms with E-state index < -0.39 is 21.0 Å². The van der Waals surface area contributed by atoms with Gasteiger partial charge in [0.25, 0.3) is 5.91 Å². The summed E-state index contributed by atoms with van der Waals surface area (Å²) < 4.78 is 37.3. The monoisotopic (exact) mass is 413 g/mol. The van der Waals surface area contributed by atoms with Crippen LogP contribution >= 0.6 is 0 Å². The van der Waals surface area contributed by atoms with E-state index in [4.69, 9.17) is 9.15 Å². The number of sulfone groups is 1. The molecule has 6 nitrogen and oxygen atoms in total. The fourth-order valence-corrected chi connectivity index (χ4v) is 4.68. The number of carbonyl (C=O) groups is 1. The predicted octanol–water partition coefficient (Wildman–Crippen LogP) is 3.85. The van der Waals surface area contributed by atoms with E-state index in [1.807, 2.05) is 13.8 Å². The molecule has 3 aromatic rings. The number of nitrogens with one attached hydrogen (secondary N) is 1. The van der Waals surface area contributed by atoms with Gasteiger partial charge in [0.15, 0.2) is 9.84 Å².